The van der Waals surface area contributed by atoms with E-state index in [9.17, 15) is 9.18 Å². The first-order valence-electron chi connectivity index (χ1n) is 9.58. The maximum atomic E-state index is 13.3. The SMILES string of the molecule is CCCNC(=O)c1c(C)c(N2CCOCC2)c(C)n1Cc1ccc(F)cc1. The second-order valence-corrected chi connectivity index (χ2v) is 6.98. The van der Waals surface area contributed by atoms with E-state index in [1.165, 1.54) is 12.1 Å². The van der Waals surface area contributed by atoms with Crippen LogP contribution in [0.1, 0.15) is 40.7 Å². The van der Waals surface area contributed by atoms with E-state index in [0.29, 0.717) is 32.0 Å². The topological polar surface area (TPSA) is 46.5 Å². The fourth-order valence-electron chi connectivity index (χ4n) is 3.72. The highest BCUT2D eigenvalue weighted by atomic mass is 19.1. The van der Waals surface area contributed by atoms with Gasteiger partial charge >= 0.3 is 0 Å². The highest BCUT2D eigenvalue weighted by Crippen LogP contribution is 2.32. The van der Waals surface area contributed by atoms with E-state index < -0.39 is 0 Å². The Hall–Kier alpha value is -2.34. The number of morpholine rings is 1. The molecule has 0 aliphatic carbocycles. The lowest BCUT2D eigenvalue weighted by Crippen LogP contribution is -2.36. The van der Waals surface area contributed by atoms with Gasteiger partial charge in [-0.25, -0.2) is 4.39 Å². The molecule has 146 valence electrons. The molecular formula is C21H28FN3O2. The van der Waals surface area contributed by atoms with Gasteiger partial charge in [0.1, 0.15) is 11.5 Å². The maximum Gasteiger partial charge on any atom is 0.268 e. The number of ether oxygens (including phenoxy) is 1. The lowest BCUT2D eigenvalue weighted by Gasteiger charge is -2.29. The Kier molecular flexibility index (Phi) is 6.16. The second-order valence-electron chi connectivity index (χ2n) is 6.98. The third kappa shape index (κ3) is 4.16. The Morgan fingerprint density at radius 3 is 2.48 bits per heavy atom. The van der Waals surface area contributed by atoms with Crippen molar-refractivity contribution in [3.8, 4) is 0 Å². The number of carbonyl (C=O) groups is 1. The van der Waals surface area contributed by atoms with E-state index in [2.05, 4.69) is 21.7 Å². The van der Waals surface area contributed by atoms with Gasteiger partial charge in [0.05, 0.1) is 18.9 Å². The first-order valence-corrected chi connectivity index (χ1v) is 9.58. The Balaban J connectivity index is 2.02. The van der Waals surface area contributed by atoms with Gasteiger partial charge in [-0.3, -0.25) is 4.79 Å². The predicted molar refractivity (Wildman–Crippen MR) is 105 cm³/mol. The van der Waals surface area contributed by atoms with Gasteiger partial charge in [0.15, 0.2) is 0 Å². The monoisotopic (exact) mass is 373 g/mol. The molecule has 0 radical (unpaired) electrons. The van der Waals surface area contributed by atoms with E-state index in [1.54, 1.807) is 12.1 Å². The smallest absolute Gasteiger partial charge is 0.268 e. The van der Waals surface area contributed by atoms with Gasteiger partial charge in [-0.1, -0.05) is 19.1 Å². The molecule has 0 unspecified atom stereocenters. The molecule has 5 nitrogen and oxygen atoms in total. The van der Waals surface area contributed by atoms with E-state index in [1.807, 2.05) is 13.8 Å². The summed E-state index contributed by atoms with van der Waals surface area (Å²) in [5.41, 5.74) is 4.81. The number of hydrogen-bond donors (Lipinski definition) is 1. The standard InChI is InChI=1S/C21H28FN3O2/c1-4-9-23-21(26)20-15(2)19(24-10-12-27-13-11-24)16(3)25(20)14-17-5-7-18(22)8-6-17/h5-8H,4,9-14H2,1-3H3,(H,23,26). The number of halogens is 1. The summed E-state index contributed by atoms with van der Waals surface area (Å²) in [5.74, 6) is -0.312. The number of nitrogens with zero attached hydrogens (tertiary/aromatic N) is 2. The molecule has 3 rings (SSSR count). The Bertz CT molecular complexity index is 793. The normalized spacial score (nSPS) is 14.4. The van der Waals surface area contributed by atoms with Crippen LogP contribution in [-0.2, 0) is 11.3 Å². The molecule has 1 aliphatic heterocycles. The van der Waals surface area contributed by atoms with Crippen molar-refractivity contribution in [1.82, 2.24) is 9.88 Å². The van der Waals surface area contributed by atoms with Crippen LogP contribution in [0.15, 0.2) is 24.3 Å². The van der Waals surface area contributed by atoms with Crippen LogP contribution in [0.3, 0.4) is 0 Å². The number of aromatic nitrogens is 1. The Labute approximate surface area is 160 Å². The van der Waals surface area contributed by atoms with Crippen LogP contribution < -0.4 is 10.2 Å². The number of rotatable bonds is 6. The Morgan fingerprint density at radius 1 is 1.19 bits per heavy atom. The van der Waals surface area contributed by atoms with Gasteiger partial charge in [-0.2, -0.15) is 0 Å². The zero-order chi connectivity index (χ0) is 19.4. The zero-order valence-electron chi connectivity index (χ0n) is 16.3. The molecule has 1 aliphatic rings. The molecule has 1 amide bonds. The minimum Gasteiger partial charge on any atom is -0.378 e. The minimum atomic E-state index is -0.255. The van der Waals surface area contributed by atoms with E-state index >= 15 is 0 Å². The van der Waals surface area contributed by atoms with Gasteiger partial charge in [-0.05, 0) is 38.0 Å². The van der Waals surface area contributed by atoms with Crippen molar-refractivity contribution in [2.45, 2.75) is 33.7 Å². The molecule has 1 saturated heterocycles. The van der Waals surface area contributed by atoms with Gasteiger partial charge in [-0.15, -0.1) is 0 Å². The summed E-state index contributed by atoms with van der Waals surface area (Å²) < 4.78 is 20.8. The number of hydrogen-bond acceptors (Lipinski definition) is 3. The van der Waals surface area contributed by atoms with Crippen LogP contribution in [0.2, 0.25) is 0 Å². The van der Waals surface area contributed by atoms with Crippen LogP contribution in [0.4, 0.5) is 10.1 Å². The van der Waals surface area contributed by atoms with Crippen molar-refractivity contribution in [3.63, 3.8) is 0 Å². The highest BCUT2D eigenvalue weighted by Gasteiger charge is 2.26. The average molecular weight is 373 g/mol. The Morgan fingerprint density at radius 2 is 1.85 bits per heavy atom. The lowest BCUT2D eigenvalue weighted by atomic mass is 10.2. The number of amides is 1. The summed E-state index contributed by atoms with van der Waals surface area (Å²) in [6, 6.07) is 6.46. The molecule has 1 aromatic heterocycles. The molecule has 0 spiro atoms. The first kappa shape index (κ1) is 19.4. The molecule has 6 heteroatoms. The number of benzene rings is 1. The van der Waals surface area contributed by atoms with Crippen molar-refractivity contribution in [3.05, 3.63) is 52.6 Å². The van der Waals surface area contributed by atoms with Crippen LogP contribution in [0.25, 0.3) is 0 Å². The summed E-state index contributed by atoms with van der Waals surface area (Å²) in [6.45, 7) is 10.3. The van der Waals surface area contributed by atoms with Crippen LogP contribution in [0, 0.1) is 19.7 Å². The molecule has 0 saturated carbocycles. The van der Waals surface area contributed by atoms with E-state index in [4.69, 9.17) is 4.74 Å². The van der Waals surface area contributed by atoms with Gasteiger partial charge < -0.3 is 19.5 Å². The number of anilines is 1. The zero-order valence-corrected chi connectivity index (χ0v) is 16.3. The van der Waals surface area contributed by atoms with Crippen molar-refractivity contribution < 1.29 is 13.9 Å². The van der Waals surface area contributed by atoms with Crippen LogP contribution >= 0.6 is 0 Å². The molecule has 1 aromatic carbocycles. The van der Waals surface area contributed by atoms with Gasteiger partial charge in [0, 0.05) is 37.4 Å². The third-order valence-corrected chi connectivity index (χ3v) is 5.06. The molecule has 0 bridgehead atoms. The van der Waals surface area contributed by atoms with E-state index in [0.717, 1.165) is 42.0 Å². The first-order chi connectivity index (χ1) is 13.0. The average Bonchev–Trinajstić information content (AvgIpc) is 2.92. The molecular weight excluding hydrogens is 345 g/mol. The fourth-order valence-corrected chi connectivity index (χ4v) is 3.72. The van der Waals surface area contributed by atoms with Crippen LogP contribution in [-0.4, -0.2) is 43.3 Å². The van der Waals surface area contributed by atoms with Crippen LogP contribution in [0.5, 0.6) is 0 Å². The number of nitrogens with one attached hydrogen (secondary N) is 1. The van der Waals surface area contributed by atoms with Crippen molar-refractivity contribution in [2.75, 3.05) is 37.7 Å². The molecule has 2 heterocycles. The summed E-state index contributed by atoms with van der Waals surface area (Å²) >= 11 is 0. The van der Waals surface area contributed by atoms with Crippen molar-refractivity contribution in [2.24, 2.45) is 0 Å². The summed E-state index contributed by atoms with van der Waals surface area (Å²) in [7, 11) is 0. The molecule has 27 heavy (non-hydrogen) atoms. The molecule has 1 N–H and O–H groups in total. The quantitative estimate of drug-likeness (QED) is 0.845. The number of carbonyl (C=O) groups excluding carboxylic acids is 1. The molecule has 2 aromatic rings. The highest BCUT2D eigenvalue weighted by molar-refractivity contribution is 5.96. The summed E-state index contributed by atoms with van der Waals surface area (Å²) in [4.78, 5) is 15.2. The van der Waals surface area contributed by atoms with E-state index in [-0.39, 0.29) is 11.7 Å². The van der Waals surface area contributed by atoms with Crippen molar-refractivity contribution in [1.29, 1.82) is 0 Å². The van der Waals surface area contributed by atoms with Gasteiger partial charge in [0.25, 0.3) is 5.91 Å². The summed E-state index contributed by atoms with van der Waals surface area (Å²) in [5, 5.41) is 3.01. The fraction of sp³-hybridized carbons (Fsp3) is 0.476. The minimum absolute atomic E-state index is 0.0564. The lowest BCUT2D eigenvalue weighted by molar-refractivity contribution is 0.0944. The van der Waals surface area contributed by atoms with Crippen molar-refractivity contribution >= 4 is 11.6 Å². The summed E-state index contributed by atoms with van der Waals surface area (Å²) in [6.07, 6.45) is 0.888. The third-order valence-electron chi connectivity index (χ3n) is 5.06. The maximum absolute atomic E-state index is 13.3. The molecule has 0 atom stereocenters. The predicted octanol–water partition coefficient (Wildman–Crippen LogP) is 3.27. The second kappa shape index (κ2) is 8.57. The molecule has 1 fully saturated rings. The van der Waals surface area contributed by atoms with Gasteiger partial charge in [0.2, 0.25) is 0 Å². The largest absolute Gasteiger partial charge is 0.378 e.